The van der Waals surface area contributed by atoms with Crippen molar-refractivity contribution >= 4 is 29.0 Å². The van der Waals surface area contributed by atoms with E-state index in [9.17, 15) is 14.5 Å². The third-order valence-electron chi connectivity index (χ3n) is 5.21. The molecule has 0 bridgehead atoms. The van der Waals surface area contributed by atoms with Gasteiger partial charge in [0.25, 0.3) is 5.91 Å². The van der Waals surface area contributed by atoms with Gasteiger partial charge in [0, 0.05) is 54.5 Å². The maximum atomic E-state index is 12.4. The molecule has 1 saturated heterocycles. The highest BCUT2D eigenvalue weighted by molar-refractivity contribution is 6.04. The van der Waals surface area contributed by atoms with E-state index in [1.54, 1.807) is 24.4 Å². The first-order valence-electron chi connectivity index (χ1n) is 9.94. The molecule has 31 heavy (non-hydrogen) atoms. The third kappa shape index (κ3) is 4.75. The molecule has 0 atom stereocenters. The minimum absolute atomic E-state index is 0.193. The predicted octanol–water partition coefficient (Wildman–Crippen LogP) is 3.57. The number of nitrogens with zero attached hydrogens (tertiary/aromatic N) is 4. The highest BCUT2D eigenvalue weighted by Gasteiger charge is 2.19. The summed E-state index contributed by atoms with van der Waals surface area (Å²) in [6.45, 7) is 3.13. The van der Waals surface area contributed by atoms with Crippen molar-refractivity contribution in [3.63, 3.8) is 0 Å². The summed E-state index contributed by atoms with van der Waals surface area (Å²) >= 11 is 0. The Bertz CT molecular complexity index is 1060. The Morgan fingerprint density at radius 3 is 2.06 bits per heavy atom. The molecule has 2 aromatic carbocycles. The van der Waals surface area contributed by atoms with E-state index in [2.05, 4.69) is 25.3 Å². The van der Waals surface area contributed by atoms with Crippen molar-refractivity contribution in [2.45, 2.75) is 0 Å². The molecule has 0 spiro atoms. The molecule has 0 saturated carbocycles. The van der Waals surface area contributed by atoms with Crippen molar-refractivity contribution in [3.8, 4) is 0 Å². The van der Waals surface area contributed by atoms with Crippen LogP contribution in [-0.2, 0) is 0 Å². The highest BCUT2D eigenvalue weighted by Crippen LogP contribution is 2.20. The Morgan fingerprint density at radius 2 is 1.45 bits per heavy atom. The van der Waals surface area contributed by atoms with Gasteiger partial charge in [0.15, 0.2) is 0 Å². The number of carbonyl (C=O) groups excluding carboxylic acids is 2. The molecule has 2 amide bonds. The summed E-state index contributed by atoms with van der Waals surface area (Å²) in [5.41, 5.74) is 2.53. The third-order valence-corrected chi connectivity index (χ3v) is 5.21. The Kier molecular flexibility index (Phi) is 5.98. The van der Waals surface area contributed by atoms with Crippen LogP contribution in [0.15, 0.2) is 78.1 Å². The number of aromatic nitrogens is 1. The van der Waals surface area contributed by atoms with Gasteiger partial charge in [-0.2, -0.15) is 0 Å². The molecule has 1 N–H and O–H groups in total. The number of nitrogens with one attached hydrogen (secondary N) is 1. The van der Waals surface area contributed by atoms with Crippen LogP contribution in [0.4, 0.5) is 17.2 Å². The van der Waals surface area contributed by atoms with Crippen LogP contribution >= 0.6 is 0 Å². The second-order valence-electron chi connectivity index (χ2n) is 7.14. The summed E-state index contributed by atoms with van der Waals surface area (Å²) in [6.07, 6.45) is 1.59. The van der Waals surface area contributed by atoms with Crippen molar-refractivity contribution in [2.75, 3.05) is 41.3 Å². The number of pyridine rings is 1. The number of benzene rings is 2. The Labute approximate surface area is 179 Å². The number of rotatable bonds is 5. The second-order valence-corrected chi connectivity index (χ2v) is 7.14. The fourth-order valence-corrected chi connectivity index (χ4v) is 3.49. The minimum Gasteiger partial charge on any atom is -0.368 e. The van der Waals surface area contributed by atoms with Gasteiger partial charge in [0.2, 0.25) is 0 Å². The van der Waals surface area contributed by atoms with Crippen LogP contribution in [0, 0.1) is 4.91 Å². The van der Waals surface area contributed by atoms with E-state index in [0.717, 1.165) is 43.4 Å². The van der Waals surface area contributed by atoms with Crippen molar-refractivity contribution in [2.24, 2.45) is 5.18 Å². The lowest BCUT2D eigenvalue weighted by Crippen LogP contribution is -2.46. The first-order chi connectivity index (χ1) is 15.1. The SMILES string of the molecule is O=NC(=O)c1ccc(N2CCN(c3ccc(C(=O)Nc4ccccc4)cn3)CC2)cc1. The lowest BCUT2D eigenvalue weighted by Gasteiger charge is -2.36. The van der Waals surface area contributed by atoms with Crippen molar-refractivity contribution in [1.82, 2.24) is 4.98 Å². The average molecular weight is 415 g/mol. The Hall–Kier alpha value is -4.07. The number of piperazine rings is 1. The van der Waals surface area contributed by atoms with Gasteiger partial charge in [0.1, 0.15) is 5.82 Å². The van der Waals surface area contributed by atoms with Gasteiger partial charge in [-0.25, -0.2) is 4.98 Å². The van der Waals surface area contributed by atoms with E-state index in [1.165, 1.54) is 0 Å². The van der Waals surface area contributed by atoms with Gasteiger partial charge in [0.05, 0.1) is 5.56 Å². The van der Waals surface area contributed by atoms with Crippen LogP contribution in [0.25, 0.3) is 0 Å². The van der Waals surface area contributed by atoms with Gasteiger partial charge in [-0.3, -0.25) is 9.59 Å². The van der Waals surface area contributed by atoms with Crippen LogP contribution in [0.2, 0.25) is 0 Å². The lowest BCUT2D eigenvalue weighted by molar-refractivity contribution is 0.0998. The molecule has 1 aromatic heterocycles. The molecule has 0 aliphatic carbocycles. The predicted molar refractivity (Wildman–Crippen MR) is 120 cm³/mol. The number of amides is 2. The Balaban J connectivity index is 1.34. The molecule has 1 aliphatic heterocycles. The fraction of sp³-hybridized carbons (Fsp3) is 0.174. The van der Waals surface area contributed by atoms with Crippen molar-refractivity contribution in [3.05, 3.63) is 89.0 Å². The number of hydrogen-bond acceptors (Lipinski definition) is 6. The van der Waals surface area contributed by atoms with Gasteiger partial charge >= 0.3 is 5.91 Å². The summed E-state index contributed by atoms with van der Waals surface area (Å²) < 4.78 is 0. The monoisotopic (exact) mass is 415 g/mol. The van der Waals surface area contributed by atoms with Gasteiger partial charge < -0.3 is 15.1 Å². The molecule has 3 aromatic rings. The summed E-state index contributed by atoms with van der Waals surface area (Å²) in [4.78, 5) is 42.9. The van der Waals surface area contributed by atoms with Crippen LogP contribution in [0.1, 0.15) is 20.7 Å². The van der Waals surface area contributed by atoms with E-state index < -0.39 is 5.91 Å². The molecular formula is C23H21N5O3. The van der Waals surface area contributed by atoms with Gasteiger partial charge in [-0.05, 0) is 48.5 Å². The van der Waals surface area contributed by atoms with Crippen LogP contribution in [-0.4, -0.2) is 43.0 Å². The maximum Gasteiger partial charge on any atom is 0.316 e. The molecule has 156 valence electrons. The summed E-state index contributed by atoms with van der Waals surface area (Å²) in [6, 6.07) is 19.8. The standard InChI is InChI=1S/C23H21N5O3/c29-22(25-19-4-2-1-3-5-19)18-8-11-21(24-16-18)28-14-12-27(13-15-28)20-9-6-17(7-10-20)23(30)26-31/h1-11,16H,12-15H2,(H,25,29). The van der Waals surface area contributed by atoms with E-state index in [1.807, 2.05) is 48.5 Å². The lowest BCUT2D eigenvalue weighted by atomic mass is 10.1. The number of nitroso groups, excluding NO2 is 1. The number of anilines is 3. The van der Waals surface area contributed by atoms with Crippen LogP contribution < -0.4 is 15.1 Å². The fourth-order valence-electron chi connectivity index (χ4n) is 3.49. The van der Waals surface area contributed by atoms with Gasteiger partial charge in [-0.1, -0.05) is 18.2 Å². The summed E-state index contributed by atoms with van der Waals surface area (Å²) in [7, 11) is 0. The van der Waals surface area contributed by atoms with Crippen molar-refractivity contribution in [1.29, 1.82) is 0 Å². The summed E-state index contributed by atoms with van der Waals surface area (Å²) in [5.74, 6) is -0.126. The number of hydrogen-bond donors (Lipinski definition) is 1. The van der Waals surface area contributed by atoms with Crippen LogP contribution in [0.3, 0.4) is 0 Å². The molecule has 8 heteroatoms. The molecule has 0 radical (unpaired) electrons. The number of para-hydroxylation sites is 1. The molecular weight excluding hydrogens is 394 g/mol. The Morgan fingerprint density at radius 1 is 0.806 bits per heavy atom. The normalized spacial score (nSPS) is 13.5. The first-order valence-corrected chi connectivity index (χ1v) is 9.94. The van der Waals surface area contributed by atoms with E-state index >= 15 is 0 Å². The molecule has 0 unspecified atom stereocenters. The molecule has 1 fully saturated rings. The second kappa shape index (κ2) is 9.17. The van der Waals surface area contributed by atoms with Crippen molar-refractivity contribution < 1.29 is 9.59 Å². The largest absolute Gasteiger partial charge is 0.368 e. The zero-order valence-electron chi connectivity index (χ0n) is 16.8. The first kappa shape index (κ1) is 20.2. The van der Waals surface area contributed by atoms with E-state index in [-0.39, 0.29) is 11.5 Å². The molecule has 4 rings (SSSR count). The minimum atomic E-state index is -0.761. The zero-order valence-corrected chi connectivity index (χ0v) is 16.8. The average Bonchev–Trinajstić information content (AvgIpc) is 2.84. The smallest absolute Gasteiger partial charge is 0.316 e. The van der Waals surface area contributed by atoms with E-state index in [0.29, 0.717) is 5.56 Å². The molecule has 2 heterocycles. The zero-order chi connectivity index (χ0) is 21.6. The highest BCUT2D eigenvalue weighted by atomic mass is 16.3. The molecule has 1 aliphatic rings. The quantitative estimate of drug-likeness (QED) is 0.640. The summed E-state index contributed by atoms with van der Waals surface area (Å²) in [5, 5.41) is 5.29. The van der Waals surface area contributed by atoms with Crippen LogP contribution in [0.5, 0.6) is 0 Å². The van der Waals surface area contributed by atoms with E-state index in [4.69, 9.17) is 0 Å². The van der Waals surface area contributed by atoms with Gasteiger partial charge in [-0.15, -0.1) is 4.91 Å². The maximum absolute atomic E-state index is 12.4. The molecule has 8 nitrogen and oxygen atoms in total. The number of carbonyl (C=O) groups is 2. The topological polar surface area (TPSA) is 95.0 Å².